The molecular formula is C40H70O10. The first-order valence-corrected chi connectivity index (χ1v) is 19.6. The van der Waals surface area contributed by atoms with E-state index in [4.69, 9.17) is 18.9 Å². The average molecular weight is 711 g/mol. The number of allylic oxidation sites excluding steroid dienone is 6. The standard InChI is InChI=1S/C40H70O10/c1-3-5-7-9-11-13-14-15-16-17-18-19-20-21-23-25-27-29-36(43)49-33(31-47-35(42)28-26-24-22-12-10-8-6-4-2)32-48-40-39(46)38(45)37(44)34(30-41)50-40/h15-16,18-19,21,23,33-34,37-41,44-46H,3-14,17,20,22,24-32H2,1-2H3/b16-15+,19-18+,23-21+/t33-,34-,37+,38?,39?,40-/m1/s1. The molecule has 0 spiro atoms. The van der Waals surface area contributed by atoms with Gasteiger partial charge in [-0.05, 0) is 44.9 Å². The van der Waals surface area contributed by atoms with Crippen molar-refractivity contribution in [3.63, 3.8) is 0 Å². The van der Waals surface area contributed by atoms with Crippen LogP contribution in [0.5, 0.6) is 0 Å². The first-order chi connectivity index (χ1) is 24.3. The van der Waals surface area contributed by atoms with Gasteiger partial charge in [0, 0.05) is 12.8 Å². The van der Waals surface area contributed by atoms with E-state index in [0.29, 0.717) is 12.8 Å². The van der Waals surface area contributed by atoms with Crippen LogP contribution in [0.4, 0.5) is 0 Å². The lowest BCUT2D eigenvalue weighted by molar-refractivity contribution is -0.305. The smallest absolute Gasteiger partial charge is 0.306 e. The highest BCUT2D eigenvalue weighted by molar-refractivity contribution is 5.70. The summed E-state index contributed by atoms with van der Waals surface area (Å²) >= 11 is 0. The highest BCUT2D eigenvalue weighted by Crippen LogP contribution is 2.22. The van der Waals surface area contributed by atoms with E-state index in [1.807, 2.05) is 6.08 Å². The molecule has 1 aliphatic rings. The molecule has 0 aromatic carbocycles. The number of ether oxygens (including phenoxy) is 4. The van der Waals surface area contributed by atoms with Gasteiger partial charge >= 0.3 is 11.9 Å². The Morgan fingerprint density at radius 2 is 1.14 bits per heavy atom. The molecule has 1 saturated heterocycles. The first kappa shape index (κ1) is 45.9. The fraction of sp³-hybridized carbons (Fsp3) is 0.800. The second-order valence-electron chi connectivity index (χ2n) is 13.4. The summed E-state index contributed by atoms with van der Waals surface area (Å²) in [6, 6.07) is 0. The molecule has 6 atom stereocenters. The summed E-state index contributed by atoms with van der Waals surface area (Å²) in [6.45, 7) is 3.31. The van der Waals surface area contributed by atoms with Crippen LogP contribution in [-0.2, 0) is 28.5 Å². The molecule has 1 aliphatic heterocycles. The van der Waals surface area contributed by atoms with Gasteiger partial charge in [0.05, 0.1) is 13.2 Å². The van der Waals surface area contributed by atoms with E-state index in [9.17, 15) is 30.0 Å². The summed E-state index contributed by atoms with van der Waals surface area (Å²) in [5, 5.41) is 39.8. The number of carbonyl (C=O) groups excluding carboxylic acids is 2. The van der Waals surface area contributed by atoms with Gasteiger partial charge in [0.25, 0.3) is 0 Å². The van der Waals surface area contributed by atoms with Gasteiger partial charge in [0.1, 0.15) is 31.0 Å². The predicted octanol–water partition coefficient (Wildman–Crippen LogP) is 7.16. The highest BCUT2D eigenvalue weighted by atomic mass is 16.7. The van der Waals surface area contributed by atoms with Crippen LogP contribution in [-0.4, -0.2) is 89.0 Å². The topological polar surface area (TPSA) is 152 Å². The molecule has 0 amide bonds. The van der Waals surface area contributed by atoms with Crippen LogP contribution in [0.25, 0.3) is 0 Å². The summed E-state index contributed by atoms with van der Waals surface area (Å²) < 4.78 is 21.9. The maximum atomic E-state index is 12.7. The minimum absolute atomic E-state index is 0.159. The van der Waals surface area contributed by atoms with E-state index < -0.39 is 55.4 Å². The molecule has 4 N–H and O–H groups in total. The molecule has 0 aliphatic carbocycles. The molecule has 1 fully saturated rings. The maximum absolute atomic E-state index is 12.7. The summed E-state index contributed by atoms with van der Waals surface area (Å²) in [5.41, 5.74) is 0. The number of unbranched alkanes of at least 4 members (excludes halogenated alkanes) is 14. The largest absolute Gasteiger partial charge is 0.462 e. The van der Waals surface area contributed by atoms with Crippen LogP contribution in [0, 0.1) is 0 Å². The van der Waals surface area contributed by atoms with Crippen molar-refractivity contribution in [3.8, 4) is 0 Å². The van der Waals surface area contributed by atoms with Crippen molar-refractivity contribution >= 4 is 11.9 Å². The molecule has 0 aromatic heterocycles. The van der Waals surface area contributed by atoms with Gasteiger partial charge in [-0.2, -0.15) is 0 Å². The van der Waals surface area contributed by atoms with E-state index in [0.717, 1.165) is 44.9 Å². The number of aliphatic hydroxyl groups excluding tert-OH is 4. The Morgan fingerprint density at radius 1 is 0.620 bits per heavy atom. The second-order valence-corrected chi connectivity index (χ2v) is 13.4. The van der Waals surface area contributed by atoms with E-state index in [2.05, 4.69) is 44.2 Å². The molecule has 50 heavy (non-hydrogen) atoms. The quantitative estimate of drug-likeness (QED) is 0.0331. The highest BCUT2D eigenvalue weighted by Gasteiger charge is 2.44. The Kier molecular flexibility index (Phi) is 29.1. The lowest BCUT2D eigenvalue weighted by atomic mass is 9.99. The maximum Gasteiger partial charge on any atom is 0.306 e. The normalized spacial score (nSPS) is 21.8. The molecule has 0 radical (unpaired) electrons. The van der Waals surface area contributed by atoms with Crippen molar-refractivity contribution < 1.29 is 49.0 Å². The van der Waals surface area contributed by atoms with Crippen LogP contribution in [0.15, 0.2) is 36.5 Å². The Bertz CT molecular complexity index is 918. The fourth-order valence-electron chi connectivity index (χ4n) is 5.61. The monoisotopic (exact) mass is 710 g/mol. The number of carbonyl (C=O) groups is 2. The van der Waals surface area contributed by atoms with Crippen LogP contribution >= 0.6 is 0 Å². The SMILES string of the molecule is CCCCCCCC/C=C/C/C=C/C/C=C/CCCC(=O)O[C@H](COC(=O)CCCCCCCCCC)CO[C@@H]1O[C@H](CO)[C@H](O)C(O)C1O. The second kappa shape index (κ2) is 31.6. The van der Waals surface area contributed by atoms with E-state index >= 15 is 0 Å². The summed E-state index contributed by atoms with van der Waals surface area (Å²) in [7, 11) is 0. The first-order valence-electron chi connectivity index (χ1n) is 19.6. The summed E-state index contributed by atoms with van der Waals surface area (Å²) in [4.78, 5) is 25.1. The number of aliphatic hydroxyl groups is 4. The molecule has 10 heteroatoms. The van der Waals surface area contributed by atoms with Gasteiger partial charge in [-0.15, -0.1) is 0 Å². The zero-order valence-electron chi connectivity index (χ0n) is 31.1. The van der Waals surface area contributed by atoms with Crippen molar-refractivity contribution in [2.75, 3.05) is 19.8 Å². The van der Waals surface area contributed by atoms with Crippen molar-refractivity contribution in [3.05, 3.63) is 36.5 Å². The predicted molar refractivity (Wildman–Crippen MR) is 196 cm³/mol. The molecule has 290 valence electrons. The van der Waals surface area contributed by atoms with E-state index in [-0.39, 0.29) is 26.1 Å². The third-order valence-electron chi connectivity index (χ3n) is 8.78. The molecule has 1 rings (SSSR count). The lowest BCUT2D eigenvalue weighted by Gasteiger charge is -2.39. The molecule has 1 heterocycles. The van der Waals surface area contributed by atoms with Gasteiger partial charge in [-0.3, -0.25) is 9.59 Å². The average Bonchev–Trinajstić information content (AvgIpc) is 3.11. The van der Waals surface area contributed by atoms with E-state index in [1.165, 1.54) is 64.2 Å². The fourth-order valence-corrected chi connectivity index (χ4v) is 5.61. The molecule has 0 aromatic rings. The number of hydrogen-bond acceptors (Lipinski definition) is 10. The van der Waals surface area contributed by atoms with Crippen LogP contribution in [0.2, 0.25) is 0 Å². The van der Waals surface area contributed by atoms with Crippen LogP contribution in [0.3, 0.4) is 0 Å². The Hall–Kier alpha value is -2.08. The van der Waals surface area contributed by atoms with Gasteiger partial charge in [-0.25, -0.2) is 0 Å². The van der Waals surface area contributed by atoms with Crippen molar-refractivity contribution in [1.29, 1.82) is 0 Å². The molecule has 2 unspecified atom stereocenters. The Morgan fingerprint density at radius 3 is 1.74 bits per heavy atom. The van der Waals surface area contributed by atoms with Crippen LogP contribution < -0.4 is 0 Å². The van der Waals surface area contributed by atoms with Gasteiger partial charge in [0.15, 0.2) is 12.4 Å². The minimum Gasteiger partial charge on any atom is -0.462 e. The third-order valence-corrected chi connectivity index (χ3v) is 8.78. The number of hydrogen-bond donors (Lipinski definition) is 4. The zero-order valence-corrected chi connectivity index (χ0v) is 31.1. The molecule has 0 saturated carbocycles. The van der Waals surface area contributed by atoms with E-state index in [1.54, 1.807) is 0 Å². The molecule has 10 nitrogen and oxygen atoms in total. The van der Waals surface area contributed by atoms with Crippen LogP contribution in [0.1, 0.15) is 149 Å². The molecule has 0 bridgehead atoms. The van der Waals surface area contributed by atoms with Crippen molar-refractivity contribution in [1.82, 2.24) is 0 Å². The minimum atomic E-state index is -1.60. The number of rotatable bonds is 31. The Labute approximate surface area is 302 Å². The molecular weight excluding hydrogens is 640 g/mol. The zero-order chi connectivity index (χ0) is 36.7. The Balaban J connectivity index is 2.42. The van der Waals surface area contributed by atoms with Gasteiger partial charge in [0.2, 0.25) is 0 Å². The van der Waals surface area contributed by atoms with Crippen molar-refractivity contribution in [2.24, 2.45) is 0 Å². The van der Waals surface area contributed by atoms with Gasteiger partial charge < -0.3 is 39.4 Å². The summed E-state index contributed by atoms with van der Waals surface area (Å²) in [5.74, 6) is -0.874. The number of esters is 2. The lowest BCUT2D eigenvalue weighted by Crippen LogP contribution is -2.59. The van der Waals surface area contributed by atoms with Gasteiger partial charge in [-0.1, -0.05) is 127 Å². The third kappa shape index (κ3) is 23.4. The summed E-state index contributed by atoms with van der Waals surface area (Å²) in [6.07, 6.45) is 26.1. The van der Waals surface area contributed by atoms with Crippen molar-refractivity contribution in [2.45, 2.75) is 185 Å².